The highest BCUT2D eigenvalue weighted by molar-refractivity contribution is 5.76. The van der Waals surface area contributed by atoms with Crippen LogP contribution in [-0.2, 0) is 16.1 Å². The topological polar surface area (TPSA) is 65.4 Å². The molecule has 1 unspecified atom stereocenters. The van der Waals surface area contributed by atoms with Crippen LogP contribution in [0, 0.1) is 0 Å². The van der Waals surface area contributed by atoms with E-state index < -0.39 is 11.6 Å². The van der Waals surface area contributed by atoms with Crippen molar-refractivity contribution in [1.82, 2.24) is 15.1 Å². The fourth-order valence-electron chi connectivity index (χ4n) is 3.97. The number of hydrogen-bond donors (Lipinski definition) is 1. The predicted molar refractivity (Wildman–Crippen MR) is 124 cm³/mol. The molecule has 0 amide bonds. The van der Waals surface area contributed by atoms with Gasteiger partial charge in [-0.05, 0) is 51.3 Å². The molecule has 0 spiro atoms. The Kier molecular flexibility index (Phi) is 6.61. The van der Waals surface area contributed by atoms with Gasteiger partial charge >= 0.3 is 5.97 Å². The van der Waals surface area contributed by atoms with Crippen LogP contribution in [0.3, 0.4) is 0 Å². The minimum absolute atomic E-state index is 0.0321. The summed E-state index contributed by atoms with van der Waals surface area (Å²) in [6, 6.07) is 19.4. The van der Waals surface area contributed by atoms with Crippen LogP contribution in [0.4, 0.5) is 0 Å². The molecule has 2 aromatic carbocycles. The van der Waals surface area contributed by atoms with E-state index in [1.807, 2.05) is 87.6 Å². The standard InChI is InChI=1S/C26H31N3O3/c1-26(2,3)32-25(30)23(22-15-10-16-27-22)29-17-21(20-13-8-5-9-14-20)24(28-29)31-18-19-11-6-4-7-12-19/h4-9,11-14,17,22-23,27H,10,15-16,18H2,1-3H3/t22-,23?/m1/s1. The molecular weight excluding hydrogens is 402 g/mol. The smallest absolute Gasteiger partial charge is 0.333 e. The molecular formula is C26H31N3O3. The Labute approximate surface area is 189 Å². The van der Waals surface area contributed by atoms with Crippen LogP contribution in [0.1, 0.15) is 45.2 Å². The summed E-state index contributed by atoms with van der Waals surface area (Å²) in [4.78, 5) is 13.2. The van der Waals surface area contributed by atoms with Gasteiger partial charge in [-0.2, -0.15) is 0 Å². The van der Waals surface area contributed by atoms with E-state index in [0.29, 0.717) is 12.5 Å². The van der Waals surface area contributed by atoms with E-state index >= 15 is 0 Å². The van der Waals surface area contributed by atoms with Crippen molar-refractivity contribution < 1.29 is 14.3 Å². The predicted octanol–water partition coefficient (Wildman–Crippen LogP) is 4.76. The Morgan fingerprint density at radius 3 is 2.44 bits per heavy atom. The zero-order valence-electron chi connectivity index (χ0n) is 19.0. The van der Waals surface area contributed by atoms with Crippen molar-refractivity contribution in [1.29, 1.82) is 0 Å². The molecule has 6 heteroatoms. The van der Waals surface area contributed by atoms with Gasteiger partial charge in [0.05, 0.1) is 5.56 Å². The maximum atomic E-state index is 13.2. The lowest BCUT2D eigenvalue weighted by Gasteiger charge is -2.27. The Morgan fingerprint density at radius 2 is 1.81 bits per heavy atom. The fraction of sp³-hybridized carbons (Fsp3) is 0.385. The monoisotopic (exact) mass is 433 g/mol. The molecule has 4 rings (SSSR count). The average Bonchev–Trinajstić information content (AvgIpc) is 3.43. The Hall–Kier alpha value is -3.12. The van der Waals surface area contributed by atoms with Crippen molar-refractivity contribution in [3.63, 3.8) is 0 Å². The van der Waals surface area contributed by atoms with Crippen molar-refractivity contribution in [2.24, 2.45) is 0 Å². The number of nitrogens with zero attached hydrogens (tertiary/aromatic N) is 2. The number of rotatable bonds is 7. The molecule has 32 heavy (non-hydrogen) atoms. The van der Waals surface area contributed by atoms with Crippen LogP contribution in [0.5, 0.6) is 5.88 Å². The van der Waals surface area contributed by atoms with E-state index in [0.717, 1.165) is 36.1 Å². The summed E-state index contributed by atoms with van der Waals surface area (Å²) in [5.41, 5.74) is 2.33. The average molecular weight is 434 g/mol. The fourth-order valence-corrected chi connectivity index (χ4v) is 3.97. The molecule has 1 fully saturated rings. The summed E-state index contributed by atoms with van der Waals surface area (Å²) < 4.78 is 13.6. The Balaban J connectivity index is 1.69. The Morgan fingerprint density at radius 1 is 1.12 bits per heavy atom. The SMILES string of the molecule is CC(C)(C)OC(=O)C([C@H]1CCCN1)n1cc(-c2ccccc2)c(OCc2ccccc2)n1. The largest absolute Gasteiger partial charge is 0.471 e. The van der Waals surface area contributed by atoms with Gasteiger partial charge in [0.2, 0.25) is 5.88 Å². The highest BCUT2D eigenvalue weighted by Gasteiger charge is 2.36. The molecule has 1 aromatic heterocycles. The zero-order valence-corrected chi connectivity index (χ0v) is 19.0. The number of carbonyl (C=O) groups excluding carboxylic acids is 1. The minimum atomic E-state index is -0.573. The van der Waals surface area contributed by atoms with Crippen LogP contribution >= 0.6 is 0 Å². The number of hydrogen-bond acceptors (Lipinski definition) is 5. The van der Waals surface area contributed by atoms with Crippen LogP contribution in [-0.4, -0.2) is 33.9 Å². The maximum Gasteiger partial charge on any atom is 0.333 e. The van der Waals surface area contributed by atoms with Gasteiger partial charge in [-0.3, -0.25) is 4.68 Å². The van der Waals surface area contributed by atoms with Gasteiger partial charge in [0.1, 0.15) is 12.2 Å². The number of ether oxygens (including phenoxy) is 2. The van der Waals surface area contributed by atoms with E-state index in [2.05, 4.69) is 5.32 Å². The van der Waals surface area contributed by atoms with Crippen molar-refractivity contribution in [2.75, 3.05) is 6.54 Å². The van der Waals surface area contributed by atoms with Crippen LogP contribution in [0.15, 0.2) is 66.9 Å². The lowest BCUT2D eigenvalue weighted by Crippen LogP contribution is -2.41. The minimum Gasteiger partial charge on any atom is -0.471 e. The van der Waals surface area contributed by atoms with Gasteiger partial charge < -0.3 is 14.8 Å². The molecule has 0 saturated carbocycles. The summed E-state index contributed by atoms with van der Waals surface area (Å²) >= 11 is 0. The van der Waals surface area contributed by atoms with E-state index in [4.69, 9.17) is 14.6 Å². The van der Waals surface area contributed by atoms with Gasteiger partial charge in [0.15, 0.2) is 6.04 Å². The van der Waals surface area contributed by atoms with Crippen molar-refractivity contribution in [3.05, 3.63) is 72.4 Å². The normalized spacial score (nSPS) is 17.2. The van der Waals surface area contributed by atoms with E-state index in [1.165, 1.54) is 0 Å². The first-order valence-corrected chi connectivity index (χ1v) is 11.2. The second-order valence-electron chi connectivity index (χ2n) is 9.15. The lowest BCUT2D eigenvalue weighted by atomic mass is 10.1. The number of benzene rings is 2. The van der Waals surface area contributed by atoms with Gasteiger partial charge in [-0.1, -0.05) is 60.7 Å². The second-order valence-corrected chi connectivity index (χ2v) is 9.15. The molecule has 1 aliphatic rings. The molecule has 1 N–H and O–H groups in total. The third kappa shape index (κ3) is 5.37. The second kappa shape index (κ2) is 9.57. The van der Waals surface area contributed by atoms with Gasteiger partial charge in [0.25, 0.3) is 0 Å². The molecule has 1 saturated heterocycles. The first kappa shape index (κ1) is 22.1. The zero-order chi connectivity index (χ0) is 22.6. The molecule has 2 heterocycles. The molecule has 0 radical (unpaired) electrons. The molecule has 6 nitrogen and oxygen atoms in total. The molecule has 0 bridgehead atoms. The van der Waals surface area contributed by atoms with Crippen LogP contribution in [0.2, 0.25) is 0 Å². The number of aromatic nitrogens is 2. The highest BCUT2D eigenvalue weighted by atomic mass is 16.6. The van der Waals surface area contributed by atoms with Crippen molar-refractivity contribution >= 4 is 5.97 Å². The maximum absolute atomic E-state index is 13.2. The van der Waals surface area contributed by atoms with Crippen molar-refractivity contribution in [3.8, 4) is 17.0 Å². The van der Waals surface area contributed by atoms with Crippen LogP contribution in [0.25, 0.3) is 11.1 Å². The van der Waals surface area contributed by atoms with Crippen LogP contribution < -0.4 is 10.1 Å². The first-order chi connectivity index (χ1) is 15.4. The molecule has 168 valence electrons. The van der Waals surface area contributed by atoms with E-state index in [1.54, 1.807) is 4.68 Å². The van der Waals surface area contributed by atoms with E-state index in [-0.39, 0.29) is 12.0 Å². The lowest BCUT2D eigenvalue weighted by molar-refractivity contribution is -0.160. The number of esters is 1. The quantitative estimate of drug-likeness (QED) is 0.544. The van der Waals surface area contributed by atoms with Crippen molar-refractivity contribution in [2.45, 2.75) is 57.9 Å². The highest BCUT2D eigenvalue weighted by Crippen LogP contribution is 2.33. The molecule has 1 aliphatic heterocycles. The number of carbonyl (C=O) groups is 1. The van der Waals surface area contributed by atoms with Gasteiger partial charge in [-0.25, -0.2) is 4.79 Å². The summed E-state index contributed by atoms with van der Waals surface area (Å²) in [5.74, 6) is 0.222. The van der Waals surface area contributed by atoms with E-state index in [9.17, 15) is 4.79 Å². The molecule has 0 aliphatic carbocycles. The van der Waals surface area contributed by atoms with Gasteiger partial charge in [-0.15, -0.1) is 5.10 Å². The first-order valence-electron chi connectivity index (χ1n) is 11.2. The molecule has 3 aromatic rings. The summed E-state index contributed by atoms with van der Waals surface area (Å²) in [7, 11) is 0. The third-order valence-electron chi connectivity index (χ3n) is 5.41. The summed E-state index contributed by atoms with van der Waals surface area (Å²) in [5, 5.41) is 8.20. The summed E-state index contributed by atoms with van der Waals surface area (Å²) in [6.07, 6.45) is 3.82. The van der Waals surface area contributed by atoms with Gasteiger partial charge in [0, 0.05) is 12.2 Å². The Bertz CT molecular complexity index is 1020. The third-order valence-corrected chi connectivity index (χ3v) is 5.41. The number of nitrogens with one attached hydrogen (secondary N) is 1. The summed E-state index contributed by atoms with van der Waals surface area (Å²) in [6.45, 7) is 6.94. The molecule has 2 atom stereocenters.